The Morgan fingerprint density at radius 2 is 1.64 bits per heavy atom. The van der Waals surface area contributed by atoms with E-state index in [9.17, 15) is 4.79 Å². The van der Waals surface area contributed by atoms with E-state index in [1.165, 1.54) is 28.3 Å². The van der Waals surface area contributed by atoms with Crippen molar-refractivity contribution >= 4 is 29.1 Å². The van der Waals surface area contributed by atoms with Crippen molar-refractivity contribution in [1.29, 1.82) is 0 Å². The molecule has 25 heavy (non-hydrogen) atoms. The predicted octanol–water partition coefficient (Wildman–Crippen LogP) is 4.67. The number of carbonyl (C=O) groups excluding carboxylic acids is 1. The fourth-order valence-corrected chi connectivity index (χ4v) is 3.97. The van der Waals surface area contributed by atoms with Crippen LogP contribution < -0.4 is 4.90 Å². The van der Waals surface area contributed by atoms with Crippen LogP contribution in [0, 0.1) is 0 Å². The summed E-state index contributed by atoms with van der Waals surface area (Å²) in [6, 6.07) is 20.4. The van der Waals surface area contributed by atoms with Crippen LogP contribution in [-0.4, -0.2) is 18.1 Å². The summed E-state index contributed by atoms with van der Waals surface area (Å²) in [4.78, 5) is 20.7. The molecule has 2 heterocycles. The lowest BCUT2D eigenvalue weighted by Crippen LogP contribution is -2.20. The average molecular weight is 348 g/mol. The van der Waals surface area contributed by atoms with Gasteiger partial charge in [0.1, 0.15) is 0 Å². The minimum absolute atomic E-state index is 0.371. The average Bonchev–Trinajstić information content (AvgIpc) is 2.67. The standard InChI is InChI=1S/C20H16N2O2S/c1-24-20(23)14-10-11-15(21-12-14)13-22-16-6-2-4-8-18(16)25-19-9-5-3-7-17(19)22/h2-12H,13H2,1H3. The molecule has 1 aliphatic rings. The van der Waals surface area contributed by atoms with E-state index < -0.39 is 0 Å². The summed E-state index contributed by atoms with van der Waals surface area (Å²) >= 11 is 1.78. The number of hydrogen-bond acceptors (Lipinski definition) is 5. The molecule has 0 N–H and O–H groups in total. The minimum Gasteiger partial charge on any atom is -0.465 e. The Morgan fingerprint density at radius 3 is 2.20 bits per heavy atom. The third-order valence-corrected chi connectivity index (χ3v) is 5.23. The van der Waals surface area contributed by atoms with Gasteiger partial charge in [-0.2, -0.15) is 0 Å². The number of anilines is 2. The number of nitrogens with zero attached hydrogens (tertiary/aromatic N) is 2. The van der Waals surface area contributed by atoms with Crippen LogP contribution in [0.4, 0.5) is 11.4 Å². The zero-order chi connectivity index (χ0) is 17.2. The summed E-state index contributed by atoms with van der Waals surface area (Å²) in [7, 11) is 1.37. The number of para-hydroxylation sites is 2. The first-order chi connectivity index (χ1) is 12.3. The highest BCUT2D eigenvalue weighted by molar-refractivity contribution is 7.99. The van der Waals surface area contributed by atoms with Crippen molar-refractivity contribution in [1.82, 2.24) is 4.98 Å². The molecule has 2 aromatic carbocycles. The van der Waals surface area contributed by atoms with Crippen molar-refractivity contribution in [2.24, 2.45) is 0 Å². The van der Waals surface area contributed by atoms with Gasteiger partial charge in [0.25, 0.3) is 0 Å². The molecule has 0 saturated carbocycles. The SMILES string of the molecule is COC(=O)c1ccc(CN2c3ccccc3Sc3ccccc32)nc1. The van der Waals surface area contributed by atoms with Gasteiger partial charge in [-0.1, -0.05) is 36.0 Å². The van der Waals surface area contributed by atoms with Gasteiger partial charge in [0.05, 0.1) is 36.3 Å². The normalized spacial score (nSPS) is 12.3. The van der Waals surface area contributed by atoms with Crippen LogP contribution in [0.2, 0.25) is 0 Å². The number of aromatic nitrogens is 1. The molecule has 5 heteroatoms. The molecular formula is C20H16N2O2S. The van der Waals surface area contributed by atoms with Gasteiger partial charge in [-0.05, 0) is 36.4 Å². The van der Waals surface area contributed by atoms with Crippen molar-refractivity contribution in [3.8, 4) is 0 Å². The van der Waals surface area contributed by atoms with Crippen LogP contribution in [0.1, 0.15) is 16.1 Å². The highest BCUT2D eigenvalue weighted by atomic mass is 32.2. The molecule has 4 nitrogen and oxygen atoms in total. The maximum atomic E-state index is 11.6. The molecule has 0 bridgehead atoms. The summed E-state index contributed by atoms with van der Waals surface area (Å²) in [5.74, 6) is -0.371. The second kappa shape index (κ2) is 6.61. The molecule has 0 radical (unpaired) electrons. The molecule has 0 amide bonds. The van der Waals surface area contributed by atoms with Crippen LogP contribution in [-0.2, 0) is 11.3 Å². The van der Waals surface area contributed by atoms with Crippen LogP contribution in [0.5, 0.6) is 0 Å². The van der Waals surface area contributed by atoms with Crippen molar-refractivity contribution in [3.05, 3.63) is 78.1 Å². The van der Waals surface area contributed by atoms with Crippen molar-refractivity contribution in [2.45, 2.75) is 16.3 Å². The van der Waals surface area contributed by atoms with E-state index in [0.717, 1.165) is 5.69 Å². The molecule has 0 atom stereocenters. The van der Waals surface area contributed by atoms with E-state index in [0.29, 0.717) is 12.1 Å². The number of pyridine rings is 1. The predicted molar refractivity (Wildman–Crippen MR) is 98.4 cm³/mol. The molecule has 1 aromatic heterocycles. The smallest absolute Gasteiger partial charge is 0.339 e. The van der Waals surface area contributed by atoms with Crippen molar-refractivity contribution < 1.29 is 9.53 Å². The highest BCUT2D eigenvalue weighted by Crippen LogP contribution is 2.48. The quantitative estimate of drug-likeness (QED) is 0.643. The second-order valence-electron chi connectivity index (χ2n) is 5.65. The van der Waals surface area contributed by atoms with Crippen LogP contribution >= 0.6 is 11.8 Å². The Morgan fingerprint density at radius 1 is 1.00 bits per heavy atom. The zero-order valence-electron chi connectivity index (χ0n) is 13.7. The molecule has 0 spiro atoms. The Kier molecular flexibility index (Phi) is 4.15. The first-order valence-electron chi connectivity index (χ1n) is 7.93. The molecule has 0 unspecified atom stereocenters. The summed E-state index contributed by atoms with van der Waals surface area (Å²) in [6.45, 7) is 0.635. The number of esters is 1. The van der Waals surface area contributed by atoms with Crippen molar-refractivity contribution in [2.75, 3.05) is 12.0 Å². The van der Waals surface area contributed by atoms with E-state index in [-0.39, 0.29) is 5.97 Å². The largest absolute Gasteiger partial charge is 0.465 e. The van der Waals surface area contributed by atoms with Gasteiger partial charge in [-0.25, -0.2) is 4.79 Å². The van der Waals surface area contributed by atoms with E-state index in [1.54, 1.807) is 24.0 Å². The molecule has 0 saturated heterocycles. The number of ether oxygens (including phenoxy) is 1. The lowest BCUT2D eigenvalue weighted by Gasteiger charge is -2.32. The van der Waals surface area contributed by atoms with Crippen LogP contribution in [0.3, 0.4) is 0 Å². The third kappa shape index (κ3) is 2.98. The Labute approximate surface area is 150 Å². The fourth-order valence-electron chi connectivity index (χ4n) is 2.87. The molecule has 0 fully saturated rings. The Balaban J connectivity index is 1.69. The second-order valence-corrected chi connectivity index (χ2v) is 6.74. The molecule has 124 valence electrons. The summed E-state index contributed by atoms with van der Waals surface area (Å²) in [5, 5.41) is 0. The Bertz CT molecular complexity index is 879. The van der Waals surface area contributed by atoms with Gasteiger partial charge in [0, 0.05) is 16.0 Å². The van der Waals surface area contributed by atoms with E-state index in [4.69, 9.17) is 4.74 Å². The van der Waals surface area contributed by atoms with E-state index in [2.05, 4.69) is 46.3 Å². The summed E-state index contributed by atoms with van der Waals surface area (Å²) in [5.41, 5.74) is 3.69. The molecule has 0 aliphatic carbocycles. The zero-order valence-corrected chi connectivity index (χ0v) is 14.5. The van der Waals surface area contributed by atoms with Crippen molar-refractivity contribution in [3.63, 3.8) is 0 Å². The van der Waals surface area contributed by atoms with Gasteiger partial charge in [-0.3, -0.25) is 4.98 Å². The lowest BCUT2D eigenvalue weighted by atomic mass is 10.2. The molecule has 1 aliphatic heterocycles. The number of methoxy groups -OCH3 is 1. The minimum atomic E-state index is -0.371. The van der Waals surface area contributed by atoms with E-state index in [1.807, 2.05) is 18.2 Å². The maximum absolute atomic E-state index is 11.6. The fraction of sp³-hybridized carbons (Fsp3) is 0.100. The maximum Gasteiger partial charge on any atom is 0.339 e. The van der Waals surface area contributed by atoms with Crippen LogP contribution in [0.15, 0.2) is 76.7 Å². The van der Waals surface area contributed by atoms with Gasteiger partial charge < -0.3 is 9.64 Å². The monoisotopic (exact) mass is 348 g/mol. The number of fused-ring (bicyclic) bond motifs is 2. The first kappa shape index (κ1) is 15.7. The van der Waals surface area contributed by atoms with Crippen LogP contribution in [0.25, 0.3) is 0 Å². The number of carbonyl (C=O) groups is 1. The van der Waals surface area contributed by atoms with Gasteiger partial charge in [0.15, 0.2) is 0 Å². The van der Waals surface area contributed by atoms with Gasteiger partial charge in [0.2, 0.25) is 0 Å². The summed E-state index contributed by atoms with van der Waals surface area (Å²) < 4.78 is 4.73. The topological polar surface area (TPSA) is 42.4 Å². The first-order valence-corrected chi connectivity index (χ1v) is 8.74. The Hall–Kier alpha value is -2.79. The highest BCUT2D eigenvalue weighted by Gasteiger charge is 2.23. The molecular weight excluding hydrogens is 332 g/mol. The van der Waals surface area contributed by atoms with E-state index >= 15 is 0 Å². The number of benzene rings is 2. The summed E-state index contributed by atoms with van der Waals surface area (Å²) in [6.07, 6.45) is 1.57. The molecule has 3 aromatic rings. The third-order valence-electron chi connectivity index (χ3n) is 4.10. The number of hydrogen-bond donors (Lipinski definition) is 0. The molecule has 4 rings (SSSR count). The van der Waals surface area contributed by atoms with Gasteiger partial charge >= 0.3 is 5.97 Å². The number of rotatable bonds is 3. The van der Waals surface area contributed by atoms with Gasteiger partial charge in [-0.15, -0.1) is 0 Å². The lowest BCUT2D eigenvalue weighted by molar-refractivity contribution is 0.0600.